The molecule has 0 aromatic heterocycles. The largest absolute Gasteiger partial charge is 0.376 e. The Labute approximate surface area is 175 Å². The van der Waals surface area contributed by atoms with Gasteiger partial charge in [-0.1, -0.05) is 30.3 Å². The molecule has 1 atom stereocenters. The smallest absolute Gasteiger partial charge is 0.313 e. The topological polar surface area (TPSA) is 60.4 Å². The second-order valence-corrected chi connectivity index (χ2v) is 9.76. The van der Waals surface area contributed by atoms with E-state index in [1.54, 1.807) is 12.1 Å². The Morgan fingerprint density at radius 3 is 2.06 bits per heavy atom. The number of aryl methyl sites for hydroxylation is 1. The summed E-state index contributed by atoms with van der Waals surface area (Å²) < 4.78 is 97.9. The van der Waals surface area contributed by atoms with Crippen molar-refractivity contribution < 1.29 is 39.3 Å². The Morgan fingerprint density at radius 1 is 0.935 bits per heavy atom. The van der Waals surface area contributed by atoms with Crippen molar-refractivity contribution in [1.29, 1.82) is 0 Å². The van der Waals surface area contributed by atoms with E-state index >= 15 is 0 Å². The number of hydrogen-bond acceptors (Lipinski definition) is 4. The fourth-order valence-electron chi connectivity index (χ4n) is 4.71. The van der Waals surface area contributed by atoms with Gasteiger partial charge in [0.2, 0.25) is 34.8 Å². The maximum atomic E-state index is 13.9. The van der Waals surface area contributed by atoms with Gasteiger partial charge in [-0.2, -0.15) is 17.2 Å². The van der Waals surface area contributed by atoms with Crippen LogP contribution in [0.15, 0.2) is 30.3 Å². The highest BCUT2D eigenvalue weighted by Crippen LogP contribution is 2.62. The van der Waals surface area contributed by atoms with Gasteiger partial charge in [0.15, 0.2) is 0 Å². The molecule has 3 saturated carbocycles. The molecule has 0 amide bonds. The van der Waals surface area contributed by atoms with Crippen molar-refractivity contribution in [3.63, 3.8) is 0 Å². The minimum Gasteiger partial charge on any atom is -0.376 e. The van der Waals surface area contributed by atoms with Gasteiger partial charge in [0, 0.05) is 11.8 Å². The van der Waals surface area contributed by atoms with E-state index < -0.39 is 55.6 Å². The number of halogens is 5. The molecule has 4 nitrogen and oxygen atoms in total. The van der Waals surface area contributed by atoms with Crippen LogP contribution in [0.2, 0.25) is 0 Å². The Kier molecular flexibility index (Phi) is 5.31. The van der Waals surface area contributed by atoms with Crippen molar-refractivity contribution >= 4 is 15.9 Å². The van der Waals surface area contributed by atoms with E-state index in [-0.39, 0.29) is 37.4 Å². The lowest BCUT2D eigenvalue weighted by Gasteiger charge is -2.39. The summed E-state index contributed by atoms with van der Waals surface area (Å²) in [5.41, 5.74) is -0.388. The van der Waals surface area contributed by atoms with E-state index in [1.807, 2.05) is 18.2 Å². The molecule has 3 fully saturated rings. The number of rotatable bonds is 7. The van der Waals surface area contributed by atoms with Crippen LogP contribution < -0.4 is 4.18 Å². The number of carbonyl (C=O) groups is 1. The molecular weight excluding hydrogens is 443 g/mol. The van der Waals surface area contributed by atoms with Gasteiger partial charge in [0.1, 0.15) is 11.0 Å². The fourth-order valence-corrected chi connectivity index (χ4v) is 6.59. The lowest BCUT2D eigenvalue weighted by Crippen LogP contribution is -2.46. The minimum absolute atomic E-state index is 0.0226. The van der Waals surface area contributed by atoms with Crippen LogP contribution in [-0.4, -0.2) is 19.5 Å². The molecule has 3 aliphatic rings. The van der Waals surface area contributed by atoms with Crippen molar-refractivity contribution in [2.45, 2.75) is 37.4 Å². The summed E-state index contributed by atoms with van der Waals surface area (Å²) in [6.07, 6.45) is 1.04. The van der Waals surface area contributed by atoms with Crippen LogP contribution in [0.5, 0.6) is 5.75 Å². The third kappa shape index (κ3) is 3.50. The number of benzene rings is 2. The minimum atomic E-state index is -4.85. The zero-order chi connectivity index (χ0) is 22.6. The van der Waals surface area contributed by atoms with Crippen molar-refractivity contribution in [3.8, 4) is 5.75 Å². The van der Waals surface area contributed by atoms with Gasteiger partial charge in [-0.25, -0.2) is 13.2 Å². The van der Waals surface area contributed by atoms with E-state index in [0.717, 1.165) is 5.56 Å². The summed E-state index contributed by atoms with van der Waals surface area (Å²) in [7, 11) is -4.85. The van der Waals surface area contributed by atoms with E-state index in [1.165, 1.54) is 0 Å². The molecule has 0 saturated heterocycles. The van der Waals surface area contributed by atoms with Gasteiger partial charge in [-0.3, -0.25) is 4.79 Å². The van der Waals surface area contributed by atoms with Crippen LogP contribution in [0.25, 0.3) is 0 Å². The van der Waals surface area contributed by atoms with Crippen LogP contribution in [0, 0.1) is 40.4 Å². The molecule has 0 spiro atoms. The van der Waals surface area contributed by atoms with Gasteiger partial charge in [-0.15, -0.1) is 0 Å². The van der Waals surface area contributed by atoms with Gasteiger partial charge in [0.25, 0.3) is 0 Å². The Hall–Kier alpha value is -2.49. The van der Waals surface area contributed by atoms with Crippen LogP contribution in [-0.2, 0) is 21.3 Å². The van der Waals surface area contributed by atoms with Gasteiger partial charge in [0.05, 0.1) is 0 Å². The number of fused-ring (bicyclic) bond motifs is 1. The molecular formula is C21H17F5O4S. The predicted octanol–water partition coefficient (Wildman–Crippen LogP) is 4.46. The highest BCUT2D eigenvalue weighted by molar-refractivity contribution is 7.87. The number of carbonyl (C=O) groups excluding carboxylic acids is 1. The maximum absolute atomic E-state index is 13.9. The number of ketones is 1. The molecule has 10 heteroatoms. The second-order valence-electron chi connectivity index (χ2n) is 8.04. The maximum Gasteiger partial charge on any atom is 0.313 e. The standard InChI is InChI=1S/C21H17F5O4S/c22-15-16(23)18(25)20(19(26)17(15)24)30-31(28,29)14-8-12-9-21(14,10-12)13(27)7-6-11-4-2-1-3-5-11/h1-5,12,14H,6-10H2. The SMILES string of the molecule is O=C(CCc1ccccc1)C12CC(CC1S(=O)(=O)Oc1c(F)c(F)c(F)c(F)c1F)C2. The molecule has 2 bridgehead atoms. The Morgan fingerprint density at radius 2 is 1.48 bits per heavy atom. The molecule has 0 radical (unpaired) electrons. The van der Waals surface area contributed by atoms with E-state index in [4.69, 9.17) is 0 Å². The van der Waals surface area contributed by atoms with Gasteiger partial charge >= 0.3 is 10.1 Å². The monoisotopic (exact) mass is 460 g/mol. The first kappa shape index (κ1) is 21.7. The summed E-state index contributed by atoms with van der Waals surface area (Å²) in [6.45, 7) is 0. The first-order valence-corrected chi connectivity index (χ1v) is 11.1. The summed E-state index contributed by atoms with van der Waals surface area (Å²) in [6, 6.07) is 9.07. The molecule has 2 aromatic rings. The Balaban J connectivity index is 1.58. The molecule has 5 rings (SSSR count). The zero-order valence-electron chi connectivity index (χ0n) is 16.0. The average molecular weight is 460 g/mol. The van der Waals surface area contributed by atoms with Crippen molar-refractivity contribution in [3.05, 3.63) is 65.0 Å². The Bertz CT molecular complexity index is 1120. The van der Waals surface area contributed by atoms with Crippen molar-refractivity contribution in [1.82, 2.24) is 0 Å². The number of Topliss-reactive ketones (excluding diaryl/α,β-unsaturated/α-hetero) is 1. The van der Waals surface area contributed by atoms with E-state index in [9.17, 15) is 35.2 Å². The molecule has 0 aliphatic heterocycles. The molecule has 0 heterocycles. The summed E-state index contributed by atoms with van der Waals surface area (Å²) >= 11 is 0. The van der Waals surface area contributed by atoms with Gasteiger partial charge < -0.3 is 4.18 Å². The molecule has 166 valence electrons. The molecule has 1 unspecified atom stereocenters. The van der Waals surface area contributed by atoms with Crippen molar-refractivity contribution in [2.24, 2.45) is 11.3 Å². The predicted molar refractivity (Wildman–Crippen MR) is 99.1 cm³/mol. The highest BCUT2D eigenvalue weighted by Gasteiger charge is 2.66. The van der Waals surface area contributed by atoms with E-state index in [2.05, 4.69) is 4.18 Å². The number of hydrogen-bond donors (Lipinski definition) is 0. The summed E-state index contributed by atoms with van der Waals surface area (Å²) in [4.78, 5) is 12.9. The first-order chi connectivity index (χ1) is 14.6. The molecule has 0 N–H and O–H groups in total. The summed E-state index contributed by atoms with van der Waals surface area (Å²) in [5, 5.41) is -1.41. The zero-order valence-corrected chi connectivity index (χ0v) is 16.8. The third-order valence-corrected chi connectivity index (χ3v) is 7.97. The fraction of sp³-hybridized carbons (Fsp3) is 0.381. The van der Waals surface area contributed by atoms with Crippen LogP contribution >= 0.6 is 0 Å². The quantitative estimate of drug-likeness (QED) is 0.265. The molecule has 31 heavy (non-hydrogen) atoms. The van der Waals surface area contributed by atoms with Crippen LogP contribution in [0.1, 0.15) is 31.2 Å². The molecule has 2 aromatic carbocycles. The lowest BCUT2D eigenvalue weighted by molar-refractivity contribution is -0.132. The van der Waals surface area contributed by atoms with Crippen molar-refractivity contribution in [2.75, 3.05) is 0 Å². The highest BCUT2D eigenvalue weighted by atomic mass is 32.2. The van der Waals surface area contributed by atoms with Gasteiger partial charge in [-0.05, 0) is 37.2 Å². The first-order valence-electron chi connectivity index (χ1n) is 9.59. The van der Waals surface area contributed by atoms with E-state index in [0.29, 0.717) is 6.42 Å². The average Bonchev–Trinajstić information content (AvgIpc) is 3.31. The third-order valence-electron chi connectivity index (χ3n) is 6.23. The van der Waals surface area contributed by atoms with Crippen LogP contribution in [0.4, 0.5) is 22.0 Å². The normalized spacial score (nSPS) is 24.7. The van der Waals surface area contributed by atoms with Crippen LogP contribution in [0.3, 0.4) is 0 Å². The lowest BCUT2D eigenvalue weighted by atomic mass is 9.66. The second kappa shape index (κ2) is 7.58. The molecule has 3 aliphatic carbocycles. The summed E-state index contributed by atoms with van der Waals surface area (Å²) in [5.74, 6) is -14.1.